The predicted octanol–water partition coefficient (Wildman–Crippen LogP) is 3.45. The van der Waals surface area contributed by atoms with Gasteiger partial charge in [0.25, 0.3) is 10.0 Å². The molecule has 30 heavy (non-hydrogen) atoms. The Morgan fingerprint density at radius 1 is 0.933 bits per heavy atom. The molecular weight excluding hydrogens is 424 g/mol. The number of nitrogens with one attached hydrogen (secondary N) is 1. The van der Waals surface area contributed by atoms with E-state index in [1.807, 2.05) is 0 Å². The van der Waals surface area contributed by atoms with Crippen LogP contribution in [-0.4, -0.2) is 41.3 Å². The van der Waals surface area contributed by atoms with Gasteiger partial charge in [-0.05, 0) is 55.0 Å². The second-order valence-corrected chi connectivity index (χ2v) is 11.7. The monoisotopic (exact) mass is 450 g/mol. The fraction of sp³-hybridized carbons (Fsp3) is 0.429. The van der Waals surface area contributed by atoms with E-state index in [2.05, 4.69) is 4.72 Å². The molecule has 1 aliphatic carbocycles. The molecule has 2 aromatic carbocycles. The van der Waals surface area contributed by atoms with E-state index in [9.17, 15) is 16.8 Å². The highest BCUT2D eigenvalue weighted by Gasteiger charge is 2.44. The standard InChI is InChI=1S/C21H26N2O5S2/c1-28-20-10-9-18(15-19(20)22-29(24,25)17-7-3-2-4-8-17)30(26,27)23-14-13-21(16-23)11-5-6-12-21/h2-4,7-10,15,22H,5-6,11-14,16H2,1H3. The van der Waals surface area contributed by atoms with Crippen molar-refractivity contribution in [2.45, 2.75) is 41.9 Å². The van der Waals surface area contributed by atoms with Gasteiger partial charge in [0.2, 0.25) is 10.0 Å². The molecule has 2 aromatic rings. The first kappa shape index (κ1) is 21.1. The normalized spacial score (nSPS) is 19.2. The molecule has 4 rings (SSSR count). The van der Waals surface area contributed by atoms with E-state index in [0.717, 1.165) is 32.1 Å². The Hall–Kier alpha value is -2.10. The summed E-state index contributed by atoms with van der Waals surface area (Å²) in [6.45, 7) is 1.03. The molecule has 9 heteroatoms. The summed E-state index contributed by atoms with van der Waals surface area (Å²) in [5.74, 6) is 0.252. The first-order valence-electron chi connectivity index (χ1n) is 10.0. The zero-order valence-corrected chi connectivity index (χ0v) is 18.5. The summed E-state index contributed by atoms with van der Waals surface area (Å²) in [5.41, 5.74) is 0.203. The number of ether oxygens (including phenoxy) is 1. The van der Waals surface area contributed by atoms with Gasteiger partial charge in [0.05, 0.1) is 22.6 Å². The predicted molar refractivity (Wildman–Crippen MR) is 115 cm³/mol. The molecule has 0 bridgehead atoms. The molecule has 2 aliphatic rings. The Morgan fingerprint density at radius 3 is 2.30 bits per heavy atom. The molecule has 0 atom stereocenters. The van der Waals surface area contributed by atoms with Crippen molar-refractivity contribution >= 4 is 25.7 Å². The zero-order valence-electron chi connectivity index (χ0n) is 16.9. The van der Waals surface area contributed by atoms with Crippen LogP contribution in [0.4, 0.5) is 5.69 Å². The van der Waals surface area contributed by atoms with Crippen molar-refractivity contribution in [3.05, 3.63) is 48.5 Å². The van der Waals surface area contributed by atoms with Crippen molar-refractivity contribution in [1.29, 1.82) is 0 Å². The molecule has 0 aromatic heterocycles. The van der Waals surface area contributed by atoms with E-state index in [-0.39, 0.29) is 26.6 Å². The van der Waals surface area contributed by atoms with Crippen molar-refractivity contribution in [3.8, 4) is 5.75 Å². The second-order valence-electron chi connectivity index (χ2n) is 8.08. The van der Waals surface area contributed by atoms with Crippen molar-refractivity contribution in [2.75, 3.05) is 24.9 Å². The zero-order chi connectivity index (χ0) is 21.4. The van der Waals surface area contributed by atoms with Gasteiger partial charge >= 0.3 is 0 Å². The maximum Gasteiger partial charge on any atom is 0.262 e. The maximum absolute atomic E-state index is 13.3. The van der Waals surface area contributed by atoms with Crippen LogP contribution in [0.25, 0.3) is 0 Å². The molecule has 1 saturated carbocycles. The number of anilines is 1. The second kappa shape index (κ2) is 7.86. The molecule has 162 valence electrons. The molecule has 2 fully saturated rings. The number of hydrogen-bond acceptors (Lipinski definition) is 5. The molecule has 1 spiro atoms. The first-order valence-corrected chi connectivity index (χ1v) is 12.9. The highest BCUT2D eigenvalue weighted by molar-refractivity contribution is 7.92. The Balaban J connectivity index is 1.64. The minimum atomic E-state index is -3.88. The first-order chi connectivity index (χ1) is 14.3. The SMILES string of the molecule is COc1ccc(S(=O)(=O)N2CCC3(CCCC3)C2)cc1NS(=O)(=O)c1ccccc1. The number of rotatable bonds is 6. The Kier molecular flexibility index (Phi) is 5.54. The van der Waals surface area contributed by atoms with Gasteiger partial charge in [-0.3, -0.25) is 4.72 Å². The summed E-state index contributed by atoms with van der Waals surface area (Å²) in [5, 5.41) is 0. The number of hydrogen-bond donors (Lipinski definition) is 1. The molecule has 7 nitrogen and oxygen atoms in total. The van der Waals surface area contributed by atoms with Gasteiger partial charge in [0.15, 0.2) is 0 Å². The molecular formula is C21H26N2O5S2. The minimum absolute atomic E-state index is 0.0594. The van der Waals surface area contributed by atoms with E-state index >= 15 is 0 Å². The lowest BCUT2D eigenvalue weighted by atomic mass is 9.86. The van der Waals surface area contributed by atoms with Gasteiger partial charge in [-0.1, -0.05) is 31.0 Å². The van der Waals surface area contributed by atoms with Crippen LogP contribution in [0, 0.1) is 5.41 Å². The molecule has 1 heterocycles. The highest BCUT2D eigenvalue weighted by atomic mass is 32.2. The lowest BCUT2D eigenvalue weighted by molar-refractivity contribution is 0.313. The molecule has 1 aliphatic heterocycles. The van der Waals surface area contributed by atoms with Crippen LogP contribution in [-0.2, 0) is 20.0 Å². The summed E-state index contributed by atoms with van der Waals surface area (Å²) in [6, 6.07) is 12.2. The number of sulfonamides is 2. The molecule has 0 amide bonds. The van der Waals surface area contributed by atoms with Gasteiger partial charge in [-0.15, -0.1) is 0 Å². The van der Waals surface area contributed by atoms with Crippen LogP contribution >= 0.6 is 0 Å². The Labute approximate surface area is 178 Å². The van der Waals surface area contributed by atoms with E-state index in [4.69, 9.17) is 4.74 Å². The number of methoxy groups -OCH3 is 1. The topological polar surface area (TPSA) is 92.8 Å². The Bertz CT molecular complexity index is 1130. The fourth-order valence-electron chi connectivity index (χ4n) is 4.51. The van der Waals surface area contributed by atoms with Gasteiger partial charge < -0.3 is 4.74 Å². The third-order valence-corrected chi connectivity index (χ3v) is 9.40. The van der Waals surface area contributed by atoms with Crippen molar-refractivity contribution < 1.29 is 21.6 Å². The smallest absolute Gasteiger partial charge is 0.262 e. The summed E-state index contributed by atoms with van der Waals surface area (Å²) in [4.78, 5) is 0.146. The van der Waals surface area contributed by atoms with E-state index < -0.39 is 20.0 Å². The van der Waals surface area contributed by atoms with E-state index in [1.54, 1.807) is 18.2 Å². The molecule has 0 radical (unpaired) electrons. The van der Waals surface area contributed by atoms with Crippen LogP contribution in [0.2, 0.25) is 0 Å². The van der Waals surface area contributed by atoms with Gasteiger partial charge in [-0.2, -0.15) is 4.31 Å². The Morgan fingerprint density at radius 2 is 1.63 bits per heavy atom. The fourth-order valence-corrected chi connectivity index (χ4v) is 7.17. The third kappa shape index (κ3) is 3.93. The summed E-state index contributed by atoms with van der Waals surface area (Å²) >= 11 is 0. The number of benzene rings is 2. The molecule has 1 N–H and O–H groups in total. The molecule has 1 saturated heterocycles. The summed E-state index contributed by atoms with van der Waals surface area (Å²) < 4.78 is 61.3. The lowest BCUT2D eigenvalue weighted by Crippen LogP contribution is -2.31. The average Bonchev–Trinajstić information content (AvgIpc) is 3.38. The van der Waals surface area contributed by atoms with Gasteiger partial charge in [-0.25, -0.2) is 16.8 Å². The van der Waals surface area contributed by atoms with E-state index in [0.29, 0.717) is 13.1 Å². The summed E-state index contributed by atoms with van der Waals surface area (Å²) in [7, 11) is -6.20. The van der Waals surface area contributed by atoms with Crippen molar-refractivity contribution in [1.82, 2.24) is 4.31 Å². The quantitative estimate of drug-likeness (QED) is 0.728. The largest absolute Gasteiger partial charge is 0.495 e. The van der Waals surface area contributed by atoms with E-state index in [1.165, 1.54) is 41.7 Å². The lowest BCUT2D eigenvalue weighted by Gasteiger charge is -2.23. The van der Waals surface area contributed by atoms with Crippen LogP contribution in [0.15, 0.2) is 58.3 Å². The van der Waals surface area contributed by atoms with Crippen LogP contribution < -0.4 is 9.46 Å². The number of nitrogens with zero attached hydrogens (tertiary/aromatic N) is 1. The van der Waals surface area contributed by atoms with Crippen molar-refractivity contribution in [3.63, 3.8) is 0 Å². The highest BCUT2D eigenvalue weighted by Crippen LogP contribution is 2.46. The summed E-state index contributed by atoms with van der Waals surface area (Å²) in [6.07, 6.45) is 5.34. The van der Waals surface area contributed by atoms with Gasteiger partial charge in [0, 0.05) is 13.1 Å². The van der Waals surface area contributed by atoms with Crippen molar-refractivity contribution in [2.24, 2.45) is 5.41 Å². The van der Waals surface area contributed by atoms with Crippen LogP contribution in [0.5, 0.6) is 5.75 Å². The maximum atomic E-state index is 13.3. The minimum Gasteiger partial charge on any atom is -0.495 e. The third-order valence-electron chi connectivity index (χ3n) is 6.17. The van der Waals surface area contributed by atoms with Gasteiger partial charge in [0.1, 0.15) is 5.75 Å². The average molecular weight is 451 g/mol. The van der Waals surface area contributed by atoms with Crippen LogP contribution in [0.3, 0.4) is 0 Å². The van der Waals surface area contributed by atoms with Crippen LogP contribution in [0.1, 0.15) is 32.1 Å². The molecule has 0 unspecified atom stereocenters.